The van der Waals surface area contributed by atoms with E-state index >= 15 is 0 Å². The first-order valence-electron chi connectivity index (χ1n) is 8.39. The van der Waals surface area contributed by atoms with Crippen LogP contribution in [0.3, 0.4) is 0 Å². The molecule has 0 unspecified atom stereocenters. The van der Waals surface area contributed by atoms with Gasteiger partial charge in [0.1, 0.15) is 5.82 Å². The minimum absolute atomic E-state index is 0.755. The largest absolute Gasteiger partial charge is 0.324 e. The van der Waals surface area contributed by atoms with Gasteiger partial charge in [0, 0.05) is 11.6 Å². The normalized spacial score (nSPS) is 11.2. The number of aryl methyl sites for hydroxylation is 2. The van der Waals surface area contributed by atoms with Crippen LogP contribution in [0.15, 0.2) is 66.7 Å². The molecule has 25 heavy (non-hydrogen) atoms. The number of hydrogen-bond donors (Lipinski definition) is 0. The Morgan fingerprint density at radius 1 is 0.880 bits per heavy atom. The van der Waals surface area contributed by atoms with Gasteiger partial charge < -0.3 is 4.57 Å². The molecule has 0 aliphatic heterocycles. The van der Waals surface area contributed by atoms with Gasteiger partial charge in [0.2, 0.25) is 0 Å². The van der Waals surface area contributed by atoms with E-state index in [1.807, 2.05) is 25.1 Å². The topological polar surface area (TPSA) is 17.8 Å². The lowest BCUT2D eigenvalue weighted by molar-refractivity contribution is 0.786. The minimum atomic E-state index is 0.755. The van der Waals surface area contributed by atoms with Crippen molar-refractivity contribution >= 4 is 22.6 Å². The summed E-state index contributed by atoms with van der Waals surface area (Å²) in [6.45, 7) is 4.89. The minimum Gasteiger partial charge on any atom is -0.324 e. The molecule has 2 nitrogen and oxygen atoms in total. The molecule has 0 atom stereocenters. The van der Waals surface area contributed by atoms with E-state index in [9.17, 15) is 0 Å². The molecule has 0 aliphatic carbocycles. The van der Waals surface area contributed by atoms with Crippen LogP contribution in [0, 0.1) is 13.8 Å². The molecular formula is C22H19ClN2. The van der Waals surface area contributed by atoms with Crippen molar-refractivity contribution in [2.75, 3.05) is 0 Å². The number of imidazole rings is 1. The van der Waals surface area contributed by atoms with Gasteiger partial charge >= 0.3 is 0 Å². The highest BCUT2D eigenvalue weighted by molar-refractivity contribution is 6.31. The van der Waals surface area contributed by atoms with E-state index in [0.29, 0.717) is 0 Å². The highest BCUT2D eigenvalue weighted by Gasteiger charge is 2.11. The van der Waals surface area contributed by atoms with Crippen LogP contribution in [0.1, 0.15) is 17.0 Å². The quantitative estimate of drug-likeness (QED) is 0.443. The molecule has 0 amide bonds. The average Bonchev–Trinajstić information content (AvgIpc) is 2.93. The van der Waals surface area contributed by atoms with Crippen molar-refractivity contribution in [3.05, 3.63) is 88.7 Å². The predicted octanol–water partition coefficient (Wildman–Crippen LogP) is 6.02. The van der Waals surface area contributed by atoms with Crippen LogP contribution in [-0.4, -0.2) is 9.55 Å². The molecule has 0 saturated heterocycles. The molecule has 0 saturated carbocycles. The molecular weight excluding hydrogens is 328 g/mol. The Morgan fingerprint density at radius 2 is 1.56 bits per heavy atom. The first-order chi connectivity index (χ1) is 12.1. The number of aromatic nitrogens is 2. The summed E-state index contributed by atoms with van der Waals surface area (Å²) in [5, 5.41) is 0.755. The summed E-state index contributed by atoms with van der Waals surface area (Å²) >= 11 is 6.26. The Morgan fingerprint density at radius 3 is 2.28 bits per heavy atom. The van der Waals surface area contributed by atoms with E-state index in [2.05, 4.69) is 60.0 Å². The standard InChI is InChI=1S/C22H19ClN2/c1-15-12-20(23)13-21-22(15)24-16(2)25(21)14-17-8-10-19(11-9-17)18-6-4-3-5-7-18/h3-13H,14H2,1-2H3. The molecule has 0 aliphatic rings. The number of benzene rings is 3. The van der Waals surface area contributed by atoms with Gasteiger partial charge in [-0.2, -0.15) is 0 Å². The maximum absolute atomic E-state index is 6.26. The highest BCUT2D eigenvalue weighted by Crippen LogP contribution is 2.26. The molecule has 1 aromatic heterocycles. The second-order valence-electron chi connectivity index (χ2n) is 6.40. The van der Waals surface area contributed by atoms with Crippen molar-refractivity contribution < 1.29 is 0 Å². The van der Waals surface area contributed by atoms with E-state index in [0.717, 1.165) is 34.0 Å². The monoisotopic (exact) mass is 346 g/mol. The Hall–Kier alpha value is -2.58. The van der Waals surface area contributed by atoms with Crippen molar-refractivity contribution in [1.29, 1.82) is 0 Å². The summed E-state index contributed by atoms with van der Waals surface area (Å²) in [6.07, 6.45) is 0. The third-order valence-corrected chi connectivity index (χ3v) is 4.82. The SMILES string of the molecule is Cc1cc(Cl)cc2c1nc(C)n2Cc1ccc(-c2ccccc2)cc1. The maximum Gasteiger partial charge on any atom is 0.107 e. The maximum atomic E-state index is 6.26. The van der Waals surface area contributed by atoms with E-state index in [-0.39, 0.29) is 0 Å². The van der Waals surface area contributed by atoms with Gasteiger partial charge in [-0.25, -0.2) is 4.98 Å². The van der Waals surface area contributed by atoms with Gasteiger partial charge in [-0.05, 0) is 48.2 Å². The molecule has 0 radical (unpaired) electrons. The van der Waals surface area contributed by atoms with E-state index in [1.54, 1.807) is 0 Å². The van der Waals surface area contributed by atoms with E-state index in [1.165, 1.54) is 16.7 Å². The first kappa shape index (κ1) is 15.9. The molecule has 1 heterocycles. The lowest BCUT2D eigenvalue weighted by Gasteiger charge is -2.09. The molecule has 0 N–H and O–H groups in total. The summed E-state index contributed by atoms with van der Waals surface area (Å²) in [4.78, 5) is 4.72. The average molecular weight is 347 g/mol. The molecule has 3 aromatic carbocycles. The van der Waals surface area contributed by atoms with Crippen LogP contribution in [-0.2, 0) is 6.54 Å². The highest BCUT2D eigenvalue weighted by atomic mass is 35.5. The Balaban J connectivity index is 1.69. The van der Waals surface area contributed by atoms with Crippen LogP contribution in [0.25, 0.3) is 22.2 Å². The molecule has 3 heteroatoms. The van der Waals surface area contributed by atoms with Gasteiger partial charge in [0.15, 0.2) is 0 Å². The number of fused-ring (bicyclic) bond motifs is 1. The van der Waals surface area contributed by atoms with E-state index in [4.69, 9.17) is 16.6 Å². The second kappa shape index (κ2) is 6.38. The summed E-state index contributed by atoms with van der Waals surface area (Å²) in [5.74, 6) is 1.01. The molecule has 4 aromatic rings. The molecule has 4 rings (SSSR count). The summed E-state index contributed by atoms with van der Waals surface area (Å²) in [7, 11) is 0. The summed E-state index contributed by atoms with van der Waals surface area (Å²) in [5.41, 5.74) is 6.96. The molecule has 0 bridgehead atoms. The Labute approximate surface area is 152 Å². The fourth-order valence-electron chi connectivity index (χ4n) is 3.28. The third-order valence-electron chi connectivity index (χ3n) is 4.60. The van der Waals surface area contributed by atoms with Crippen LogP contribution >= 0.6 is 11.6 Å². The summed E-state index contributed by atoms with van der Waals surface area (Å²) < 4.78 is 2.23. The number of halogens is 1. The van der Waals surface area contributed by atoms with Crippen molar-refractivity contribution in [2.24, 2.45) is 0 Å². The number of hydrogen-bond acceptors (Lipinski definition) is 1. The van der Waals surface area contributed by atoms with Gasteiger partial charge in [-0.15, -0.1) is 0 Å². The van der Waals surface area contributed by atoms with E-state index < -0.39 is 0 Å². The van der Waals surface area contributed by atoms with Crippen molar-refractivity contribution in [3.8, 4) is 11.1 Å². The van der Waals surface area contributed by atoms with Gasteiger partial charge in [0.25, 0.3) is 0 Å². The van der Waals surface area contributed by atoms with Crippen LogP contribution in [0.2, 0.25) is 5.02 Å². The number of nitrogens with zero attached hydrogens (tertiary/aromatic N) is 2. The van der Waals surface area contributed by atoms with Crippen molar-refractivity contribution in [1.82, 2.24) is 9.55 Å². The second-order valence-corrected chi connectivity index (χ2v) is 6.83. The van der Waals surface area contributed by atoms with Crippen LogP contribution in [0.5, 0.6) is 0 Å². The fraction of sp³-hybridized carbons (Fsp3) is 0.136. The van der Waals surface area contributed by atoms with Gasteiger partial charge in [-0.3, -0.25) is 0 Å². The van der Waals surface area contributed by atoms with Crippen molar-refractivity contribution in [2.45, 2.75) is 20.4 Å². The Kier molecular flexibility index (Phi) is 4.06. The van der Waals surface area contributed by atoms with Gasteiger partial charge in [-0.1, -0.05) is 66.2 Å². The molecule has 124 valence electrons. The zero-order chi connectivity index (χ0) is 17.4. The van der Waals surface area contributed by atoms with Crippen molar-refractivity contribution in [3.63, 3.8) is 0 Å². The first-order valence-corrected chi connectivity index (χ1v) is 8.77. The zero-order valence-electron chi connectivity index (χ0n) is 14.3. The molecule has 0 spiro atoms. The fourth-order valence-corrected chi connectivity index (χ4v) is 3.55. The predicted molar refractivity (Wildman–Crippen MR) is 105 cm³/mol. The third kappa shape index (κ3) is 3.06. The zero-order valence-corrected chi connectivity index (χ0v) is 15.1. The number of rotatable bonds is 3. The molecule has 0 fully saturated rings. The smallest absolute Gasteiger partial charge is 0.107 e. The Bertz CT molecular complexity index is 1030. The lowest BCUT2D eigenvalue weighted by atomic mass is 10.0. The van der Waals surface area contributed by atoms with Crippen LogP contribution in [0.4, 0.5) is 0 Å². The lowest BCUT2D eigenvalue weighted by Crippen LogP contribution is -2.02. The van der Waals surface area contributed by atoms with Crippen LogP contribution < -0.4 is 0 Å². The van der Waals surface area contributed by atoms with Gasteiger partial charge in [0.05, 0.1) is 11.0 Å². The summed E-state index contributed by atoms with van der Waals surface area (Å²) in [6, 6.07) is 23.1.